The van der Waals surface area contributed by atoms with Crippen LogP contribution in [0.1, 0.15) is 24.0 Å². The van der Waals surface area contributed by atoms with E-state index in [1.165, 1.54) is 0 Å². The van der Waals surface area contributed by atoms with Crippen LogP contribution in [0.4, 0.5) is 11.4 Å². The first-order valence-electron chi connectivity index (χ1n) is 7.78. The van der Waals surface area contributed by atoms with E-state index in [4.69, 9.17) is 0 Å². The van der Waals surface area contributed by atoms with Crippen molar-refractivity contribution in [3.8, 4) is 0 Å². The number of carbonyl (C=O) groups excluding carboxylic acids is 1. The molecule has 2 aromatic rings. The van der Waals surface area contributed by atoms with Crippen LogP contribution in [0.3, 0.4) is 0 Å². The van der Waals surface area contributed by atoms with Gasteiger partial charge in [-0.15, -0.1) is 0 Å². The number of anilines is 2. The average Bonchev–Trinajstić information content (AvgIpc) is 3.28. The van der Waals surface area contributed by atoms with Gasteiger partial charge in [-0.3, -0.25) is 4.79 Å². The Morgan fingerprint density at radius 3 is 2.48 bits per heavy atom. The van der Waals surface area contributed by atoms with Crippen molar-refractivity contribution in [2.75, 3.05) is 24.3 Å². The molecule has 0 aliphatic heterocycles. The average molecular weight is 373 g/mol. The topological polar surface area (TPSA) is 32.3 Å². The Bertz CT molecular complexity index is 751. The Morgan fingerprint density at radius 1 is 1.17 bits per heavy atom. The molecule has 0 spiro atoms. The van der Waals surface area contributed by atoms with Crippen molar-refractivity contribution in [3.63, 3.8) is 0 Å². The van der Waals surface area contributed by atoms with Crippen molar-refractivity contribution in [2.24, 2.45) is 0 Å². The molecule has 0 atom stereocenters. The molecule has 0 saturated heterocycles. The van der Waals surface area contributed by atoms with Gasteiger partial charge in [-0.2, -0.15) is 0 Å². The number of nitrogens with zero attached hydrogens (tertiary/aromatic N) is 1. The Labute approximate surface area is 145 Å². The zero-order valence-electron chi connectivity index (χ0n) is 13.7. The SMILES string of the molecule is Cc1cc(NC(=O)C2(c3cccc(Br)c3)CC2)ccc1N(C)C. The summed E-state index contributed by atoms with van der Waals surface area (Å²) >= 11 is 3.49. The van der Waals surface area contributed by atoms with E-state index in [1.54, 1.807) is 0 Å². The summed E-state index contributed by atoms with van der Waals surface area (Å²) < 4.78 is 1.01. The Balaban J connectivity index is 1.81. The molecule has 120 valence electrons. The predicted octanol–water partition coefficient (Wildman–Crippen LogP) is 4.49. The standard InChI is InChI=1S/C19H21BrN2O/c1-13-11-16(7-8-17(13)22(2)3)21-18(23)19(9-10-19)14-5-4-6-15(20)12-14/h4-8,11-12H,9-10H2,1-3H3,(H,21,23). The summed E-state index contributed by atoms with van der Waals surface area (Å²) in [5.74, 6) is 0.0904. The number of halogens is 1. The molecule has 4 heteroatoms. The van der Waals surface area contributed by atoms with Crippen LogP contribution in [-0.4, -0.2) is 20.0 Å². The fourth-order valence-corrected chi connectivity index (χ4v) is 3.44. The van der Waals surface area contributed by atoms with Crippen molar-refractivity contribution in [3.05, 3.63) is 58.1 Å². The summed E-state index contributed by atoms with van der Waals surface area (Å²) in [6, 6.07) is 14.1. The smallest absolute Gasteiger partial charge is 0.235 e. The molecule has 3 nitrogen and oxygen atoms in total. The molecule has 1 aliphatic carbocycles. The summed E-state index contributed by atoms with van der Waals surface area (Å²) in [7, 11) is 4.04. The Hall–Kier alpha value is -1.81. The molecule has 1 saturated carbocycles. The van der Waals surface area contributed by atoms with Gasteiger partial charge >= 0.3 is 0 Å². The maximum atomic E-state index is 12.8. The lowest BCUT2D eigenvalue weighted by atomic mass is 9.95. The minimum absolute atomic E-state index is 0.0904. The lowest BCUT2D eigenvalue weighted by molar-refractivity contribution is -0.118. The molecule has 0 heterocycles. The molecule has 0 radical (unpaired) electrons. The molecule has 0 bridgehead atoms. The number of hydrogen-bond acceptors (Lipinski definition) is 2. The molecule has 0 aromatic heterocycles. The van der Waals surface area contributed by atoms with Gasteiger partial charge < -0.3 is 10.2 Å². The van der Waals surface area contributed by atoms with Gasteiger partial charge in [0.15, 0.2) is 0 Å². The normalized spacial score (nSPS) is 15.1. The van der Waals surface area contributed by atoms with Gasteiger partial charge in [0.1, 0.15) is 0 Å². The lowest BCUT2D eigenvalue weighted by Gasteiger charge is -2.19. The molecular weight excluding hydrogens is 352 g/mol. The number of hydrogen-bond donors (Lipinski definition) is 1. The summed E-state index contributed by atoms with van der Waals surface area (Å²) in [6.45, 7) is 2.06. The highest BCUT2D eigenvalue weighted by atomic mass is 79.9. The molecule has 1 N–H and O–H groups in total. The summed E-state index contributed by atoms with van der Waals surface area (Å²) in [5, 5.41) is 3.10. The van der Waals surface area contributed by atoms with E-state index >= 15 is 0 Å². The minimum atomic E-state index is -0.363. The van der Waals surface area contributed by atoms with Crippen molar-refractivity contribution >= 4 is 33.2 Å². The number of rotatable bonds is 4. The molecule has 3 rings (SSSR count). The fraction of sp³-hybridized carbons (Fsp3) is 0.316. The van der Waals surface area contributed by atoms with E-state index in [0.717, 1.165) is 39.8 Å². The van der Waals surface area contributed by atoms with Gasteiger partial charge in [-0.05, 0) is 61.2 Å². The highest BCUT2D eigenvalue weighted by Crippen LogP contribution is 2.49. The zero-order chi connectivity index (χ0) is 16.6. The third kappa shape index (κ3) is 3.13. The van der Waals surface area contributed by atoms with Crippen LogP contribution in [-0.2, 0) is 10.2 Å². The van der Waals surface area contributed by atoms with E-state index in [-0.39, 0.29) is 11.3 Å². The van der Waals surface area contributed by atoms with Gasteiger partial charge in [-0.1, -0.05) is 28.1 Å². The Kier molecular flexibility index (Phi) is 4.19. The first-order valence-corrected chi connectivity index (χ1v) is 8.57. The van der Waals surface area contributed by atoms with Crippen molar-refractivity contribution in [2.45, 2.75) is 25.2 Å². The maximum absolute atomic E-state index is 12.8. The second-order valence-electron chi connectivity index (χ2n) is 6.44. The van der Waals surface area contributed by atoms with E-state index in [0.29, 0.717) is 0 Å². The third-order valence-electron chi connectivity index (χ3n) is 4.50. The molecule has 2 aromatic carbocycles. The number of aryl methyl sites for hydroxylation is 1. The van der Waals surface area contributed by atoms with Crippen LogP contribution < -0.4 is 10.2 Å². The molecule has 1 aliphatic rings. The fourth-order valence-electron chi connectivity index (χ4n) is 3.04. The highest BCUT2D eigenvalue weighted by molar-refractivity contribution is 9.10. The van der Waals surface area contributed by atoms with Gasteiger partial charge in [0, 0.05) is 29.9 Å². The van der Waals surface area contributed by atoms with Crippen molar-refractivity contribution in [1.29, 1.82) is 0 Å². The van der Waals surface area contributed by atoms with Gasteiger partial charge in [0.05, 0.1) is 5.41 Å². The summed E-state index contributed by atoms with van der Waals surface area (Å²) in [4.78, 5) is 14.9. The largest absolute Gasteiger partial charge is 0.377 e. The summed E-state index contributed by atoms with van der Waals surface area (Å²) in [5.41, 5.74) is 3.90. The second kappa shape index (κ2) is 6.00. The van der Waals surface area contributed by atoms with Crippen LogP contribution in [0.5, 0.6) is 0 Å². The molecule has 0 unspecified atom stereocenters. The van der Waals surface area contributed by atoms with E-state index in [2.05, 4.69) is 33.1 Å². The first-order chi connectivity index (χ1) is 10.9. The van der Waals surface area contributed by atoms with Crippen molar-refractivity contribution < 1.29 is 4.79 Å². The van der Waals surface area contributed by atoms with Crippen LogP contribution in [0.25, 0.3) is 0 Å². The molecular formula is C19H21BrN2O. The van der Waals surface area contributed by atoms with Gasteiger partial charge in [0.25, 0.3) is 0 Å². The minimum Gasteiger partial charge on any atom is -0.377 e. The first kappa shape index (κ1) is 16.1. The summed E-state index contributed by atoms with van der Waals surface area (Å²) in [6.07, 6.45) is 1.81. The van der Waals surface area contributed by atoms with E-state index in [1.807, 2.05) is 56.6 Å². The van der Waals surface area contributed by atoms with Crippen LogP contribution in [0.15, 0.2) is 46.9 Å². The van der Waals surface area contributed by atoms with Crippen LogP contribution in [0.2, 0.25) is 0 Å². The second-order valence-corrected chi connectivity index (χ2v) is 7.36. The van der Waals surface area contributed by atoms with Gasteiger partial charge in [-0.25, -0.2) is 0 Å². The highest BCUT2D eigenvalue weighted by Gasteiger charge is 2.51. The predicted molar refractivity (Wildman–Crippen MR) is 99.2 cm³/mol. The molecule has 1 fully saturated rings. The quantitative estimate of drug-likeness (QED) is 0.856. The monoisotopic (exact) mass is 372 g/mol. The number of benzene rings is 2. The Morgan fingerprint density at radius 2 is 1.91 bits per heavy atom. The third-order valence-corrected chi connectivity index (χ3v) is 4.99. The molecule has 1 amide bonds. The maximum Gasteiger partial charge on any atom is 0.235 e. The van der Waals surface area contributed by atoms with Crippen LogP contribution in [0, 0.1) is 6.92 Å². The van der Waals surface area contributed by atoms with E-state index < -0.39 is 0 Å². The number of amides is 1. The lowest BCUT2D eigenvalue weighted by Crippen LogP contribution is -2.27. The molecule has 23 heavy (non-hydrogen) atoms. The van der Waals surface area contributed by atoms with Gasteiger partial charge in [0.2, 0.25) is 5.91 Å². The van der Waals surface area contributed by atoms with Crippen LogP contribution >= 0.6 is 15.9 Å². The number of carbonyl (C=O) groups is 1. The zero-order valence-corrected chi connectivity index (χ0v) is 15.3. The number of nitrogens with one attached hydrogen (secondary N) is 1. The van der Waals surface area contributed by atoms with Crippen molar-refractivity contribution in [1.82, 2.24) is 0 Å². The van der Waals surface area contributed by atoms with E-state index in [9.17, 15) is 4.79 Å².